The molecule has 0 N–H and O–H groups in total. The van der Waals surface area contributed by atoms with Crippen molar-refractivity contribution in [3.63, 3.8) is 0 Å². The zero-order chi connectivity index (χ0) is 15.2. The fourth-order valence-electron chi connectivity index (χ4n) is 4.84. The first kappa shape index (κ1) is 14.7. The number of hydrogen-bond donors (Lipinski definition) is 0. The molecule has 4 rings (SSSR count). The third kappa shape index (κ3) is 2.23. The van der Waals surface area contributed by atoms with E-state index in [1.54, 1.807) is 0 Å². The van der Waals surface area contributed by atoms with E-state index in [1.165, 1.54) is 24.8 Å². The van der Waals surface area contributed by atoms with Gasteiger partial charge in [0.15, 0.2) is 0 Å². The first-order valence-electron chi connectivity index (χ1n) is 8.23. The quantitative estimate of drug-likeness (QED) is 0.823. The van der Waals surface area contributed by atoms with Crippen LogP contribution < -0.4 is 0 Å². The number of rotatable bonds is 3. The van der Waals surface area contributed by atoms with Crippen molar-refractivity contribution in [1.82, 2.24) is 4.90 Å². The van der Waals surface area contributed by atoms with Crippen LogP contribution >= 0.6 is 15.9 Å². The third-order valence-electron chi connectivity index (χ3n) is 6.05. The van der Waals surface area contributed by atoms with Crippen molar-refractivity contribution in [2.75, 3.05) is 26.3 Å². The van der Waals surface area contributed by atoms with Gasteiger partial charge in [0.2, 0.25) is 5.91 Å². The Labute approximate surface area is 140 Å². The van der Waals surface area contributed by atoms with Gasteiger partial charge in [0.25, 0.3) is 0 Å². The molecule has 2 saturated heterocycles. The summed E-state index contributed by atoms with van der Waals surface area (Å²) >= 11 is 3.49. The molecule has 0 bridgehead atoms. The molecule has 2 unspecified atom stereocenters. The molecule has 1 saturated carbocycles. The van der Waals surface area contributed by atoms with Crippen LogP contribution in [0.2, 0.25) is 0 Å². The minimum absolute atomic E-state index is 0.276. The third-order valence-corrected chi connectivity index (χ3v) is 6.54. The van der Waals surface area contributed by atoms with Crippen molar-refractivity contribution in [2.45, 2.75) is 32.1 Å². The molecule has 0 aromatic heterocycles. The van der Waals surface area contributed by atoms with E-state index >= 15 is 0 Å². The first-order valence-corrected chi connectivity index (χ1v) is 9.02. The maximum Gasteiger partial charge on any atom is 0.222 e. The molecule has 0 radical (unpaired) electrons. The Hall–Kier alpha value is -0.870. The highest BCUT2D eigenvalue weighted by Gasteiger charge is 2.64. The van der Waals surface area contributed by atoms with Gasteiger partial charge in [0.1, 0.15) is 0 Å². The second-order valence-corrected chi connectivity index (χ2v) is 8.20. The lowest BCUT2D eigenvalue weighted by Crippen LogP contribution is -2.34. The predicted molar refractivity (Wildman–Crippen MR) is 88.6 cm³/mol. The number of likely N-dealkylation sites (tertiary alicyclic amines) is 1. The van der Waals surface area contributed by atoms with Crippen LogP contribution in [0.3, 0.4) is 0 Å². The van der Waals surface area contributed by atoms with Crippen molar-refractivity contribution in [2.24, 2.45) is 10.8 Å². The summed E-state index contributed by atoms with van der Waals surface area (Å²) in [6.45, 7) is 3.57. The van der Waals surface area contributed by atoms with Gasteiger partial charge < -0.3 is 9.64 Å². The summed E-state index contributed by atoms with van der Waals surface area (Å²) in [5.41, 5.74) is 1.78. The normalized spacial score (nSPS) is 33.0. The molecule has 3 fully saturated rings. The zero-order valence-electron chi connectivity index (χ0n) is 12.8. The van der Waals surface area contributed by atoms with Crippen LogP contribution in [-0.2, 0) is 16.0 Å². The van der Waals surface area contributed by atoms with E-state index in [0.29, 0.717) is 12.3 Å². The standard InChI is InChI=1S/C18H22BrNO2/c19-15-4-1-3-14(9-15)5-6-16(21)20-10-17-7-2-8-18(17,11-20)13-22-12-17/h1,3-4,9H,2,5-8,10-13H2. The van der Waals surface area contributed by atoms with Crippen molar-refractivity contribution in [3.05, 3.63) is 34.3 Å². The van der Waals surface area contributed by atoms with E-state index in [0.717, 1.165) is 37.2 Å². The van der Waals surface area contributed by atoms with Crippen LogP contribution in [0.25, 0.3) is 0 Å². The SMILES string of the molecule is O=C(CCc1cccc(Br)c1)N1CC23CCCC2(COC3)C1. The second kappa shape index (κ2) is 5.34. The van der Waals surface area contributed by atoms with Crippen LogP contribution in [0.4, 0.5) is 0 Å². The van der Waals surface area contributed by atoms with E-state index in [2.05, 4.69) is 33.0 Å². The molecule has 22 heavy (non-hydrogen) atoms. The molecule has 3 nitrogen and oxygen atoms in total. The molecule has 2 aliphatic heterocycles. The Morgan fingerprint density at radius 3 is 2.64 bits per heavy atom. The number of ether oxygens (including phenoxy) is 1. The van der Waals surface area contributed by atoms with Crippen LogP contribution in [-0.4, -0.2) is 37.1 Å². The largest absolute Gasteiger partial charge is 0.380 e. The number of carbonyl (C=O) groups is 1. The number of nitrogens with zero attached hydrogens (tertiary/aromatic N) is 1. The minimum Gasteiger partial charge on any atom is -0.380 e. The smallest absolute Gasteiger partial charge is 0.222 e. The van der Waals surface area contributed by atoms with Gasteiger partial charge in [-0.05, 0) is 37.0 Å². The summed E-state index contributed by atoms with van der Waals surface area (Å²) in [6.07, 6.45) is 5.23. The highest BCUT2D eigenvalue weighted by Crippen LogP contribution is 2.61. The number of carbonyl (C=O) groups excluding carboxylic acids is 1. The van der Waals surface area contributed by atoms with E-state index in [9.17, 15) is 4.79 Å². The molecular weight excluding hydrogens is 342 g/mol. The summed E-state index contributed by atoms with van der Waals surface area (Å²) in [4.78, 5) is 14.8. The van der Waals surface area contributed by atoms with Crippen LogP contribution in [0.15, 0.2) is 28.7 Å². The van der Waals surface area contributed by atoms with Gasteiger partial charge in [-0.25, -0.2) is 0 Å². The lowest BCUT2D eigenvalue weighted by molar-refractivity contribution is -0.131. The monoisotopic (exact) mass is 363 g/mol. The molecule has 1 amide bonds. The summed E-state index contributed by atoms with van der Waals surface area (Å²) < 4.78 is 6.87. The average Bonchev–Trinajstić information content (AvgIpc) is 3.06. The number of aryl methyl sites for hydroxylation is 1. The molecule has 118 valence electrons. The van der Waals surface area contributed by atoms with Crippen LogP contribution in [0.5, 0.6) is 0 Å². The average molecular weight is 364 g/mol. The summed E-state index contributed by atoms with van der Waals surface area (Å²) in [5.74, 6) is 0.315. The topological polar surface area (TPSA) is 29.5 Å². The lowest BCUT2D eigenvalue weighted by Gasteiger charge is -2.28. The predicted octanol–water partition coefficient (Wildman–Crippen LogP) is 3.41. The van der Waals surface area contributed by atoms with Crippen molar-refractivity contribution < 1.29 is 9.53 Å². The summed E-state index contributed by atoms with van der Waals surface area (Å²) in [6, 6.07) is 8.25. The zero-order valence-corrected chi connectivity index (χ0v) is 14.4. The van der Waals surface area contributed by atoms with Gasteiger partial charge >= 0.3 is 0 Å². The fourth-order valence-corrected chi connectivity index (χ4v) is 5.28. The van der Waals surface area contributed by atoms with Crippen molar-refractivity contribution in [3.8, 4) is 0 Å². The molecule has 2 atom stereocenters. The Balaban J connectivity index is 1.41. The number of benzene rings is 1. The molecule has 4 heteroatoms. The maximum absolute atomic E-state index is 12.6. The van der Waals surface area contributed by atoms with Crippen molar-refractivity contribution >= 4 is 21.8 Å². The number of amides is 1. The maximum atomic E-state index is 12.6. The van der Waals surface area contributed by atoms with Gasteiger partial charge in [0, 0.05) is 34.8 Å². The minimum atomic E-state index is 0.276. The van der Waals surface area contributed by atoms with Gasteiger partial charge in [-0.3, -0.25) is 4.79 Å². The van der Waals surface area contributed by atoms with Gasteiger partial charge in [-0.15, -0.1) is 0 Å². The Morgan fingerprint density at radius 2 is 1.95 bits per heavy atom. The van der Waals surface area contributed by atoms with E-state index in [4.69, 9.17) is 4.74 Å². The van der Waals surface area contributed by atoms with Crippen molar-refractivity contribution in [1.29, 1.82) is 0 Å². The van der Waals surface area contributed by atoms with E-state index in [1.807, 2.05) is 12.1 Å². The number of halogens is 1. The Kier molecular flexibility index (Phi) is 3.57. The molecule has 2 heterocycles. The van der Waals surface area contributed by atoms with Gasteiger partial charge in [-0.1, -0.05) is 34.5 Å². The van der Waals surface area contributed by atoms with Crippen LogP contribution in [0.1, 0.15) is 31.2 Å². The lowest BCUT2D eigenvalue weighted by atomic mass is 9.71. The molecule has 0 spiro atoms. The van der Waals surface area contributed by atoms with Gasteiger partial charge in [0.05, 0.1) is 13.2 Å². The second-order valence-electron chi connectivity index (χ2n) is 7.29. The summed E-state index contributed by atoms with van der Waals surface area (Å²) in [7, 11) is 0. The first-order chi connectivity index (χ1) is 10.6. The highest BCUT2D eigenvalue weighted by atomic mass is 79.9. The molecule has 1 aromatic carbocycles. The summed E-state index contributed by atoms with van der Waals surface area (Å²) in [5, 5.41) is 0. The molecule has 1 aliphatic carbocycles. The Bertz CT molecular complexity index is 571. The van der Waals surface area contributed by atoms with E-state index in [-0.39, 0.29) is 10.8 Å². The highest BCUT2D eigenvalue weighted by molar-refractivity contribution is 9.10. The molecule has 3 aliphatic rings. The fraction of sp³-hybridized carbons (Fsp3) is 0.611. The number of hydrogen-bond acceptors (Lipinski definition) is 2. The van der Waals surface area contributed by atoms with Crippen LogP contribution in [0, 0.1) is 10.8 Å². The Morgan fingerprint density at radius 1 is 1.23 bits per heavy atom. The van der Waals surface area contributed by atoms with E-state index < -0.39 is 0 Å². The molecule has 1 aromatic rings. The van der Waals surface area contributed by atoms with Gasteiger partial charge in [-0.2, -0.15) is 0 Å². The molecular formula is C18H22BrNO2.